The van der Waals surface area contributed by atoms with Crippen LogP contribution in [0.25, 0.3) is 11.1 Å². The van der Waals surface area contributed by atoms with Gasteiger partial charge in [0.2, 0.25) is 0 Å². The Kier molecular flexibility index (Phi) is 4.35. The third-order valence-electron chi connectivity index (χ3n) is 4.22. The quantitative estimate of drug-likeness (QED) is 0.659. The zero-order chi connectivity index (χ0) is 17.1. The monoisotopic (exact) mass is 319 g/mol. The molecule has 0 bridgehead atoms. The number of carbonyl (C=O) groups excluding carboxylic acids is 1. The van der Waals surface area contributed by atoms with E-state index >= 15 is 0 Å². The second kappa shape index (κ2) is 6.59. The van der Waals surface area contributed by atoms with Crippen LogP contribution in [0.2, 0.25) is 0 Å². The number of rotatable bonds is 5. The van der Waals surface area contributed by atoms with Gasteiger partial charge < -0.3 is 9.15 Å². The molecule has 0 saturated heterocycles. The molecule has 0 saturated carbocycles. The number of nitrogens with zero attached hydrogens (tertiary/aromatic N) is 1. The maximum atomic E-state index is 12.1. The molecule has 1 aromatic carbocycles. The van der Waals surface area contributed by atoms with Gasteiger partial charge in [-0.25, -0.2) is 0 Å². The highest BCUT2D eigenvalue weighted by Gasteiger charge is 2.25. The Morgan fingerprint density at radius 2 is 1.92 bits per heavy atom. The average Bonchev–Trinajstić information content (AvgIpc) is 2.93. The summed E-state index contributed by atoms with van der Waals surface area (Å²) in [6.45, 7) is 1.53. The first-order valence-electron chi connectivity index (χ1n) is 7.70. The van der Waals surface area contributed by atoms with Crippen LogP contribution >= 0.6 is 0 Å². The molecule has 0 aromatic heterocycles. The number of ketones is 1. The summed E-state index contributed by atoms with van der Waals surface area (Å²) in [7, 11) is 1.63. The van der Waals surface area contributed by atoms with Gasteiger partial charge >= 0.3 is 0 Å². The largest absolute Gasteiger partial charge is 0.497 e. The van der Waals surface area contributed by atoms with Crippen molar-refractivity contribution in [1.82, 2.24) is 0 Å². The van der Waals surface area contributed by atoms with E-state index in [1.165, 1.54) is 13.2 Å². The minimum Gasteiger partial charge on any atom is -0.497 e. The van der Waals surface area contributed by atoms with Gasteiger partial charge in [0, 0.05) is 16.7 Å². The highest BCUT2D eigenvalue weighted by atomic mass is 16.5. The van der Waals surface area contributed by atoms with Crippen molar-refractivity contribution in [2.45, 2.75) is 19.8 Å². The zero-order valence-corrected chi connectivity index (χ0v) is 13.6. The summed E-state index contributed by atoms with van der Waals surface area (Å²) in [4.78, 5) is 12.1. The van der Waals surface area contributed by atoms with Crippen LogP contribution in [0.5, 0.6) is 5.75 Å². The van der Waals surface area contributed by atoms with E-state index in [1.54, 1.807) is 19.4 Å². The maximum absolute atomic E-state index is 12.1. The summed E-state index contributed by atoms with van der Waals surface area (Å²) in [5.74, 6) is 0.759. The molecule has 0 radical (unpaired) electrons. The lowest BCUT2D eigenvalue weighted by atomic mass is 9.99. The lowest BCUT2D eigenvalue weighted by molar-refractivity contribution is 0.101. The van der Waals surface area contributed by atoms with Crippen molar-refractivity contribution in [2.24, 2.45) is 0 Å². The number of hydrogen-bond acceptors (Lipinski definition) is 4. The molecule has 0 unspecified atom stereocenters. The summed E-state index contributed by atoms with van der Waals surface area (Å²) in [5.41, 5.74) is 4.59. The van der Waals surface area contributed by atoms with E-state index in [0.717, 1.165) is 28.9 Å². The maximum Gasteiger partial charge on any atom is 0.160 e. The topological polar surface area (TPSA) is 63.2 Å². The molecule has 4 nitrogen and oxygen atoms in total. The predicted octanol–water partition coefficient (Wildman–Crippen LogP) is 4.25. The van der Waals surface area contributed by atoms with Gasteiger partial charge in [-0.2, -0.15) is 5.26 Å². The van der Waals surface area contributed by atoms with Crippen LogP contribution in [-0.2, 0) is 12.8 Å². The van der Waals surface area contributed by atoms with Crippen molar-refractivity contribution in [1.29, 1.82) is 5.26 Å². The Labute approximate surface area is 140 Å². The molecular formula is C20H17NO3. The van der Waals surface area contributed by atoms with Gasteiger partial charge in [0.15, 0.2) is 5.78 Å². The number of benzene rings is 1. The molecule has 4 heteroatoms. The fourth-order valence-electron chi connectivity index (χ4n) is 3.07. The molecule has 2 aliphatic rings. The molecule has 24 heavy (non-hydrogen) atoms. The predicted molar refractivity (Wildman–Crippen MR) is 90.5 cm³/mol. The molecular weight excluding hydrogens is 302 g/mol. The van der Waals surface area contributed by atoms with Gasteiger partial charge in [0.1, 0.15) is 11.8 Å². The van der Waals surface area contributed by atoms with Gasteiger partial charge in [0.25, 0.3) is 0 Å². The van der Waals surface area contributed by atoms with E-state index in [2.05, 4.69) is 6.07 Å². The normalized spacial score (nSPS) is 10.5. The first-order chi connectivity index (χ1) is 11.7. The second-order valence-electron chi connectivity index (χ2n) is 5.63. The molecule has 1 aliphatic carbocycles. The van der Waals surface area contributed by atoms with E-state index in [9.17, 15) is 10.1 Å². The number of nitriles is 1. The summed E-state index contributed by atoms with van der Waals surface area (Å²) in [6.07, 6.45) is 4.44. The Bertz CT molecular complexity index is 884. The lowest BCUT2D eigenvalue weighted by Crippen LogP contribution is -2.00. The molecule has 120 valence electrons. The second-order valence-corrected chi connectivity index (χ2v) is 5.63. The van der Waals surface area contributed by atoms with Gasteiger partial charge in [-0.3, -0.25) is 4.79 Å². The molecule has 0 N–H and O–H groups in total. The van der Waals surface area contributed by atoms with Crippen molar-refractivity contribution in [3.63, 3.8) is 0 Å². The number of fused-ring (bicyclic) bond motifs is 1. The Morgan fingerprint density at radius 1 is 1.17 bits per heavy atom. The summed E-state index contributed by atoms with van der Waals surface area (Å²) in [5, 5.41) is 9.57. The van der Waals surface area contributed by atoms with Crippen molar-refractivity contribution >= 4 is 5.78 Å². The van der Waals surface area contributed by atoms with Crippen LogP contribution in [0.3, 0.4) is 0 Å². The molecule has 1 heterocycles. The third-order valence-corrected chi connectivity index (χ3v) is 4.22. The van der Waals surface area contributed by atoms with Crippen LogP contribution in [0.1, 0.15) is 34.0 Å². The fraction of sp³-hybridized carbons (Fsp3) is 0.200. The van der Waals surface area contributed by atoms with Crippen LogP contribution < -0.4 is 4.74 Å². The summed E-state index contributed by atoms with van der Waals surface area (Å²) in [6, 6.07) is 11.8. The Morgan fingerprint density at radius 3 is 2.54 bits per heavy atom. The van der Waals surface area contributed by atoms with Crippen molar-refractivity contribution in [3.05, 3.63) is 65.1 Å². The van der Waals surface area contributed by atoms with E-state index in [0.29, 0.717) is 23.1 Å². The van der Waals surface area contributed by atoms with Gasteiger partial charge in [-0.05, 0) is 49.1 Å². The van der Waals surface area contributed by atoms with Crippen molar-refractivity contribution < 1.29 is 13.9 Å². The van der Waals surface area contributed by atoms with Crippen molar-refractivity contribution in [2.75, 3.05) is 7.11 Å². The number of methoxy groups -OCH3 is 1. The van der Waals surface area contributed by atoms with E-state index < -0.39 is 0 Å². The number of aryl methyl sites for hydroxylation is 1. The summed E-state index contributed by atoms with van der Waals surface area (Å²) < 4.78 is 10.4. The molecule has 1 aromatic rings. The van der Waals surface area contributed by atoms with Crippen LogP contribution in [-0.4, -0.2) is 12.9 Å². The van der Waals surface area contributed by atoms with Crippen molar-refractivity contribution in [3.8, 4) is 22.9 Å². The van der Waals surface area contributed by atoms with Crippen LogP contribution in [0.15, 0.2) is 47.3 Å². The standard InChI is InChI=1S/C20H17NO3/c1-13(22)20-17(8-5-14-3-6-15(23-2)7-4-14)18(11-21)16-9-10-24-12-19(16)20/h3-4,6-7,9-10,12H,5,8H2,1-2H3. The minimum absolute atomic E-state index is 0.0485. The molecule has 3 rings (SSSR count). The fourth-order valence-corrected chi connectivity index (χ4v) is 3.07. The third kappa shape index (κ3) is 2.77. The first-order valence-corrected chi connectivity index (χ1v) is 7.70. The highest BCUT2D eigenvalue weighted by molar-refractivity contribution is 6.05. The van der Waals surface area contributed by atoms with Gasteiger partial charge in [0.05, 0.1) is 25.2 Å². The molecule has 0 spiro atoms. The number of carbonyl (C=O) groups is 1. The summed E-state index contributed by atoms with van der Waals surface area (Å²) >= 11 is 0. The molecule has 1 aliphatic heterocycles. The van der Waals surface area contributed by atoms with E-state index in [1.807, 2.05) is 24.3 Å². The average molecular weight is 319 g/mol. The van der Waals surface area contributed by atoms with E-state index in [-0.39, 0.29) is 5.78 Å². The Balaban J connectivity index is 1.98. The van der Waals surface area contributed by atoms with Crippen LogP contribution in [0, 0.1) is 11.3 Å². The molecule has 0 amide bonds. The van der Waals surface area contributed by atoms with Gasteiger partial charge in [-0.15, -0.1) is 0 Å². The number of ether oxygens (including phenoxy) is 1. The first kappa shape index (κ1) is 15.8. The molecule has 0 atom stereocenters. The molecule has 0 fully saturated rings. The minimum atomic E-state index is -0.0485. The Hall–Kier alpha value is -3.06. The zero-order valence-electron chi connectivity index (χ0n) is 13.6. The van der Waals surface area contributed by atoms with Crippen LogP contribution in [0.4, 0.5) is 0 Å². The van der Waals surface area contributed by atoms with Gasteiger partial charge in [-0.1, -0.05) is 12.1 Å². The lowest BCUT2D eigenvalue weighted by Gasteiger charge is -2.05. The number of Topliss-reactive ketones (excluding diaryl/α,β-unsaturated/α-hetero) is 1. The van der Waals surface area contributed by atoms with E-state index in [4.69, 9.17) is 9.15 Å². The smallest absolute Gasteiger partial charge is 0.160 e. The highest BCUT2D eigenvalue weighted by Crippen LogP contribution is 2.37. The number of hydrogen-bond donors (Lipinski definition) is 0. The SMILES string of the molecule is COc1ccc(CCc2c(C#N)c3ccocc-3c2C(C)=O)cc1.